The molecule has 1 saturated heterocycles. The molecule has 2 rings (SSSR count). The Balaban J connectivity index is 1.87. The molecule has 1 aliphatic carbocycles. The van der Waals surface area contributed by atoms with Crippen LogP contribution in [0.5, 0.6) is 0 Å². The highest BCUT2D eigenvalue weighted by Crippen LogP contribution is 2.43. The van der Waals surface area contributed by atoms with Crippen LogP contribution in [0.2, 0.25) is 0 Å². The van der Waals surface area contributed by atoms with E-state index in [4.69, 9.17) is 0 Å². The van der Waals surface area contributed by atoms with Crippen molar-refractivity contribution < 1.29 is 14.4 Å². The molecule has 1 atom stereocenters. The number of carbonyl (C=O) groups is 3. The second-order valence-corrected chi connectivity index (χ2v) is 10.3. The number of nitrogens with one attached hydrogen (secondary N) is 2. The number of rotatable bonds is 7. The van der Waals surface area contributed by atoms with Crippen molar-refractivity contribution in [2.24, 2.45) is 17.3 Å². The van der Waals surface area contributed by atoms with Crippen LogP contribution in [0.15, 0.2) is 0 Å². The third kappa shape index (κ3) is 5.48. The topological polar surface area (TPSA) is 78.5 Å². The van der Waals surface area contributed by atoms with Crippen molar-refractivity contribution in [3.63, 3.8) is 0 Å². The summed E-state index contributed by atoms with van der Waals surface area (Å²) in [5.41, 5.74) is -0.597. The molecule has 2 N–H and O–H groups in total. The van der Waals surface area contributed by atoms with E-state index in [0.29, 0.717) is 24.7 Å². The third-order valence-corrected chi connectivity index (χ3v) is 6.44. The monoisotopic (exact) mass is 393 g/mol. The molecule has 1 unspecified atom stereocenters. The predicted molar refractivity (Wildman–Crippen MR) is 111 cm³/mol. The smallest absolute Gasteiger partial charge is 0.325 e. The molecule has 0 radical (unpaired) electrons. The van der Waals surface area contributed by atoms with Gasteiger partial charge < -0.3 is 10.6 Å². The molecular weight excluding hydrogens is 354 g/mol. The molecule has 160 valence electrons. The van der Waals surface area contributed by atoms with Crippen LogP contribution in [0.25, 0.3) is 0 Å². The summed E-state index contributed by atoms with van der Waals surface area (Å²) in [6, 6.07) is -0.384. The van der Waals surface area contributed by atoms with Gasteiger partial charge in [-0.15, -0.1) is 0 Å². The lowest BCUT2D eigenvalue weighted by Crippen LogP contribution is -2.51. The van der Waals surface area contributed by atoms with E-state index < -0.39 is 11.6 Å². The van der Waals surface area contributed by atoms with Crippen LogP contribution in [0.4, 0.5) is 4.79 Å². The van der Waals surface area contributed by atoms with Gasteiger partial charge in [-0.1, -0.05) is 47.5 Å². The maximum atomic E-state index is 13.0. The Kier molecular flexibility index (Phi) is 7.16. The summed E-state index contributed by atoms with van der Waals surface area (Å²) in [5, 5.41) is 5.83. The van der Waals surface area contributed by atoms with E-state index in [0.717, 1.165) is 37.0 Å². The van der Waals surface area contributed by atoms with E-state index in [2.05, 4.69) is 45.3 Å². The molecule has 1 aliphatic heterocycles. The predicted octanol–water partition coefficient (Wildman–Crippen LogP) is 3.84. The molecule has 4 amide bonds. The number of carbonyl (C=O) groups excluding carboxylic acids is 3. The molecule has 1 spiro atoms. The first-order valence-corrected chi connectivity index (χ1v) is 10.9. The molecule has 28 heavy (non-hydrogen) atoms. The van der Waals surface area contributed by atoms with Crippen molar-refractivity contribution in [3.05, 3.63) is 0 Å². The number of hydrogen-bond acceptors (Lipinski definition) is 3. The van der Waals surface area contributed by atoms with Crippen LogP contribution in [-0.2, 0) is 9.59 Å². The molecule has 6 heteroatoms. The fourth-order valence-electron chi connectivity index (χ4n) is 4.50. The Bertz CT molecular complexity index is 586. The zero-order valence-corrected chi connectivity index (χ0v) is 18.6. The Labute approximate surface area is 170 Å². The third-order valence-electron chi connectivity index (χ3n) is 6.44. The zero-order valence-electron chi connectivity index (χ0n) is 18.6. The average molecular weight is 394 g/mol. The van der Waals surface area contributed by atoms with E-state index in [9.17, 15) is 14.4 Å². The summed E-state index contributed by atoms with van der Waals surface area (Å²) in [7, 11) is 0. The fourth-order valence-corrected chi connectivity index (χ4v) is 4.50. The zero-order chi connectivity index (χ0) is 21.1. The Morgan fingerprint density at radius 3 is 2.32 bits per heavy atom. The van der Waals surface area contributed by atoms with Crippen molar-refractivity contribution in [2.45, 2.75) is 98.1 Å². The van der Waals surface area contributed by atoms with Gasteiger partial charge in [0, 0.05) is 6.04 Å². The Hall–Kier alpha value is -1.59. The van der Waals surface area contributed by atoms with Gasteiger partial charge in [-0.3, -0.25) is 14.5 Å². The van der Waals surface area contributed by atoms with Gasteiger partial charge in [0.1, 0.15) is 12.1 Å². The van der Waals surface area contributed by atoms with Gasteiger partial charge in [-0.2, -0.15) is 0 Å². The highest BCUT2D eigenvalue weighted by Gasteiger charge is 2.53. The van der Waals surface area contributed by atoms with Crippen molar-refractivity contribution in [1.82, 2.24) is 15.5 Å². The maximum Gasteiger partial charge on any atom is 0.325 e. The van der Waals surface area contributed by atoms with E-state index in [-0.39, 0.29) is 29.8 Å². The van der Waals surface area contributed by atoms with Gasteiger partial charge in [0.25, 0.3) is 5.91 Å². The number of amides is 4. The molecule has 1 saturated carbocycles. The molecule has 6 nitrogen and oxygen atoms in total. The minimum atomic E-state index is -0.804. The molecule has 1 heterocycles. The standard InChI is InChI=1S/C22H39N3O3/c1-15(2)8-7-9-16(3)23-18(26)14-25-19(27)22(24-20(25)28)12-10-17(11-13-22)21(4,5)6/h15-17H,7-14H2,1-6H3,(H,23,26)(H,24,28). The summed E-state index contributed by atoms with van der Waals surface area (Å²) >= 11 is 0. The molecular formula is C22H39N3O3. The summed E-state index contributed by atoms with van der Waals surface area (Å²) in [4.78, 5) is 38.9. The van der Waals surface area contributed by atoms with Crippen LogP contribution < -0.4 is 10.6 Å². The van der Waals surface area contributed by atoms with Crippen LogP contribution >= 0.6 is 0 Å². The second-order valence-electron chi connectivity index (χ2n) is 10.3. The molecule has 0 aromatic rings. The lowest BCUT2D eigenvalue weighted by Gasteiger charge is -2.40. The molecule has 0 aromatic carbocycles. The highest BCUT2D eigenvalue weighted by molar-refractivity contribution is 6.09. The van der Waals surface area contributed by atoms with E-state index >= 15 is 0 Å². The van der Waals surface area contributed by atoms with Crippen LogP contribution in [0, 0.1) is 17.3 Å². The molecule has 2 aliphatic rings. The summed E-state index contributed by atoms with van der Waals surface area (Å²) < 4.78 is 0. The van der Waals surface area contributed by atoms with Crippen LogP contribution in [0.1, 0.15) is 86.5 Å². The van der Waals surface area contributed by atoms with Gasteiger partial charge in [0.15, 0.2) is 0 Å². The first kappa shape index (κ1) is 22.7. The Morgan fingerprint density at radius 1 is 1.18 bits per heavy atom. The fraction of sp³-hybridized carbons (Fsp3) is 0.864. The van der Waals surface area contributed by atoms with Gasteiger partial charge >= 0.3 is 6.03 Å². The number of nitrogens with zero attached hydrogens (tertiary/aromatic N) is 1. The van der Waals surface area contributed by atoms with Crippen LogP contribution in [0.3, 0.4) is 0 Å². The normalized spacial score (nSPS) is 26.7. The summed E-state index contributed by atoms with van der Waals surface area (Å²) in [6.07, 6.45) is 6.24. The van der Waals surface area contributed by atoms with Gasteiger partial charge in [-0.25, -0.2) is 4.79 Å². The van der Waals surface area contributed by atoms with Crippen molar-refractivity contribution in [2.75, 3.05) is 6.54 Å². The average Bonchev–Trinajstić information content (AvgIpc) is 2.78. The molecule has 0 bridgehead atoms. The van der Waals surface area contributed by atoms with E-state index in [1.165, 1.54) is 0 Å². The lowest BCUT2D eigenvalue weighted by molar-refractivity contribution is -0.136. The van der Waals surface area contributed by atoms with Crippen LogP contribution in [-0.4, -0.2) is 40.9 Å². The SMILES string of the molecule is CC(C)CCCC(C)NC(=O)CN1C(=O)NC2(CCC(C(C)(C)C)CC2)C1=O. The van der Waals surface area contributed by atoms with E-state index in [1.54, 1.807) is 0 Å². The van der Waals surface area contributed by atoms with Crippen molar-refractivity contribution >= 4 is 17.8 Å². The lowest BCUT2D eigenvalue weighted by atomic mass is 9.67. The van der Waals surface area contributed by atoms with Crippen molar-refractivity contribution in [3.8, 4) is 0 Å². The molecule has 2 fully saturated rings. The molecule has 0 aromatic heterocycles. The number of urea groups is 1. The minimum Gasteiger partial charge on any atom is -0.352 e. The van der Waals surface area contributed by atoms with Gasteiger partial charge in [-0.05, 0) is 56.3 Å². The summed E-state index contributed by atoms with van der Waals surface area (Å²) in [5.74, 6) is 0.707. The van der Waals surface area contributed by atoms with Gasteiger partial charge in [0.05, 0.1) is 0 Å². The first-order chi connectivity index (χ1) is 12.9. The summed E-state index contributed by atoms with van der Waals surface area (Å²) in [6.45, 7) is 12.8. The second kappa shape index (κ2) is 8.83. The van der Waals surface area contributed by atoms with E-state index in [1.807, 2.05) is 6.92 Å². The minimum absolute atomic E-state index is 0.0446. The van der Waals surface area contributed by atoms with Crippen molar-refractivity contribution in [1.29, 1.82) is 0 Å². The highest BCUT2D eigenvalue weighted by atomic mass is 16.2. The quantitative estimate of drug-likeness (QED) is 0.645. The van der Waals surface area contributed by atoms with Gasteiger partial charge in [0.2, 0.25) is 5.91 Å². The largest absolute Gasteiger partial charge is 0.352 e. The maximum absolute atomic E-state index is 13.0. The Morgan fingerprint density at radius 2 is 1.79 bits per heavy atom. The first-order valence-electron chi connectivity index (χ1n) is 10.9. The number of hydrogen-bond donors (Lipinski definition) is 2. The number of imide groups is 1.